The van der Waals surface area contributed by atoms with Gasteiger partial charge >= 0.3 is 0 Å². The normalized spacial score (nSPS) is 9.00. The van der Waals surface area contributed by atoms with Crippen molar-refractivity contribution >= 4 is 40.4 Å². The van der Waals surface area contributed by atoms with Crippen molar-refractivity contribution in [3.05, 3.63) is 15.0 Å². The molecule has 0 atom stereocenters. The van der Waals surface area contributed by atoms with E-state index in [1.807, 2.05) is 5.38 Å². The molecular formula is C5H3IO2S. The SMILES string of the molecule is O=COc1cc(I)cs1. The molecule has 1 rings (SSSR count). The quantitative estimate of drug-likeness (QED) is 0.595. The Balaban J connectivity index is 2.72. The number of halogens is 1. The van der Waals surface area contributed by atoms with Gasteiger partial charge in [-0.2, -0.15) is 0 Å². The Morgan fingerprint density at radius 3 is 3.00 bits per heavy atom. The number of rotatable bonds is 2. The summed E-state index contributed by atoms with van der Waals surface area (Å²) in [7, 11) is 0. The summed E-state index contributed by atoms with van der Waals surface area (Å²) < 4.78 is 5.65. The van der Waals surface area contributed by atoms with Gasteiger partial charge in [0.1, 0.15) is 0 Å². The standard InChI is InChI=1S/C5H3IO2S/c6-4-1-5(8-3-7)9-2-4/h1-3H. The van der Waals surface area contributed by atoms with Gasteiger partial charge in [-0.05, 0) is 22.6 Å². The van der Waals surface area contributed by atoms with E-state index in [9.17, 15) is 4.79 Å². The number of carbonyl (C=O) groups excluding carboxylic acids is 1. The summed E-state index contributed by atoms with van der Waals surface area (Å²) in [5.74, 6) is 0. The molecule has 1 aromatic rings. The molecule has 0 fully saturated rings. The molecule has 0 aliphatic heterocycles. The van der Waals surface area contributed by atoms with Gasteiger partial charge < -0.3 is 4.74 Å². The first-order chi connectivity index (χ1) is 4.33. The third kappa shape index (κ3) is 1.94. The fourth-order valence-corrected chi connectivity index (χ4v) is 1.87. The van der Waals surface area contributed by atoms with Gasteiger partial charge in [-0.25, -0.2) is 0 Å². The van der Waals surface area contributed by atoms with Crippen LogP contribution in [0.2, 0.25) is 0 Å². The lowest BCUT2D eigenvalue weighted by atomic mass is 10.7. The summed E-state index contributed by atoms with van der Waals surface area (Å²) in [4.78, 5) is 9.77. The van der Waals surface area contributed by atoms with Crippen LogP contribution < -0.4 is 4.74 Å². The molecule has 0 spiro atoms. The Morgan fingerprint density at radius 2 is 2.56 bits per heavy atom. The second kappa shape index (κ2) is 3.17. The van der Waals surface area contributed by atoms with Crippen LogP contribution in [-0.2, 0) is 4.79 Å². The summed E-state index contributed by atoms with van der Waals surface area (Å²) in [6, 6.07) is 1.81. The van der Waals surface area contributed by atoms with Crippen molar-refractivity contribution in [3.63, 3.8) is 0 Å². The molecule has 1 aromatic heterocycles. The van der Waals surface area contributed by atoms with Gasteiger partial charge in [0.15, 0.2) is 5.06 Å². The van der Waals surface area contributed by atoms with Gasteiger partial charge in [-0.3, -0.25) is 4.79 Å². The summed E-state index contributed by atoms with van der Waals surface area (Å²) in [6.07, 6.45) is 0. The topological polar surface area (TPSA) is 26.3 Å². The van der Waals surface area contributed by atoms with Crippen molar-refractivity contribution in [1.82, 2.24) is 0 Å². The van der Waals surface area contributed by atoms with Crippen molar-refractivity contribution in [1.29, 1.82) is 0 Å². The monoisotopic (exact) mass is 254 g/mol. The van der Waals surface area contributed by atoms with Crippen molar-refractivity contribution in [2.24, 2.45) is 0 Å². The average Bonchev–Trinajstić information content (AvgIpc) is 2.17. The summed E-state index contributed by atoms with van der Waals surface area (Å²) >= 11 is 3.57. The molecule has 0 aliphatic carbocycles. The molecule has 1 heterocycles. The van der Waals surface area contributed by atoms with E-state index in [1.54, 1.807) is 6.07 Å². The molecule has 0 aliphatic rings. The van der Waals surface area contributed by atoms with Gasteiger partial charge in [0.25, 0.3) is 6.47 Å². The van der Waals surface area contributed by atoms with E-state index in [1.165, 1.54) is 11.3 Å². The van der Waals surface area contributed by atoms with Crippen molar-refractivity contribution in [2.45, 2.75) is 0 Å². The maximum absolute atomic E-state index is 9.77. The second-order valence-corrected chi connectivity index (χ2v) is 3.42. The first kappa shape index (κ1) is 7.01. The zero-order valence-electron chi connectivity index (χ0n) is 4.33. The molecule has 0 saturated carbocycles. The summed E-state index contributed by atoms with van der Waals surface area (Å²) in [6.45, 7) is 0.432. The van der Waals surface area contributed by atoms with Crippen LogP contribution >= 0.6 is 33.9 Å². The number of hydrogen-bond donors (Lipinski definition) is 0. The van der Waals surface area contributed by atoms with E-state index in [-0.39, 0.29) is 0 Å². The molecule has 0 unspecified atom stereocenters. The van der Waals surface area contributed by atoms with Crippen LogP contribution in [0.15, 0.2) is 11.4 Å². The molecule has 0 radical (unpaired) electrons. The lowest BCUT2D eigenvalue weighted by molar-refractivity contribution is -0.120. The van der Waals surface area contributed by atoms with Crippen molar-refractivity contribution < 1.29 is 9.53 Å². The maximum atomic E-state index is 9.77. The smallest absolute Gasteiger partial charge is 0.299 e. The van der Waals surface area contributed by atoms with Crippen LogP contribution in [0.5, 0.6) is 5.06 Å². The minimum absolute atomic E-state index is 0.432. The van der Waals surface area contributed by atoms with E-state index < -0.39 is 0 Å². The van der Waals surface area contributed by atoms with E-state index >= 15 is 0 Å². The van der Waals surface area contributed by atoms with Crippen LogP contribution in [0.4, 0.5) is 0 Å². The van der Waals surface area contributed by atoms with Gasteiger partial charge in [0, 0.05) is 15.0 Å². The van der Waals surface area contributed by atoms with E-state index in [2.05, 4.69) is 27.3 Å². The number of thiophene rings is 1. The highest BCUT2D eigenvalue weighted by molar-refractivity contribution is 14.1. The Kier molecular flexibility index (Phi) is 2.47. The Labute approximate surface area is 70.0 Å². The number of carbonyl (C=O) groups is 1. The predicted molar refractivity (Wildman–Crippen MR) is 43.7 cm³/mol. The summed E-state index contributed by atoms with van der Waals surface area (Å²) in [5, 5.41) is 2.56. The molecule has 0 aromatic carbocycles. The van der Waals surface area contributed by atoms with Crippen LogP contribution in [-0.4, -0.2) is 6.47 Å². The minimum atomic E-state index is 0.432. The Bertz CT molecular complexity index is 208. The number of hydrogen-bond acceptors (Lipinski definition) is 3. The van der Waals surface area contributed by atoms with E-state index in [0.29, 0.717) is 11.5 Å². The van der Waals surface area contributed by atoms with Gasteiger partial charge in [-0.15, -0.1) is 11.3 Å². The third-order valence-electron chi connectivity index (χ3n) is 0.708. The van der Waals surface area contributed by atoms with Crippen molar-refractivity contribution in [3.8, 4) is 5.06 Å². The fourth-order valence-electron chi connectivity index (χ4n) is 0.404. The molecular weight excluding hydrogens is 251 g/mol. The largest absolute Gasteiger partial charge is 0.418 e. The summed E-state index contributed by atoms with van der Waals surface area (Å²) in [5.41, 5.74) is 0. The zero-order chi connectivity index (χ0) is 6.69. The van der Waals surface area contributed by atoms with Crippen LogP contribution in [0.25, 0.3) is 0 Å². The zero-order valence-corrected chi connectivity index (χ0v) is 7.31. The highest BCUT2D eigenvalue weighted by atomic mass is 127. The second-order valence-electron chi connectivity index (χ2n) is 1.30. The molecule has 4 heteroatoms. The first-order valence-corrected chi connectivity index (χ1v) is 4.13. The third-order valence-corrected chi connectivity index (χ3v) is 2.57. The number of ether oxygens (including phenoxy) is 1. The molecule has 48 valence electrons. The van der Waals surface area contributed by atoms with Crippen LogP contribution in [0.3, 0.4) is 0 Å². The van der Waals surface area contributed by atoms with Crippen LogP contribution in [0.1, 0.15) is 0 Å². The van der Waals surface area contributed by atoms with Crippen LogP contribution in [0, 0.1) is 3.57 Å². The highest BCUT2D eigenvalue weighted by Gasteiger charge is 1.94. The lowest BCUT2D eigenvalue weighted by Gasteiger charge is -1.84. The first-order valence-electron chi connectivity index (χ1n) is 2.17. The highest BCUT2D eigenvalue weighted by Crippen LogP contribution is 2.23. The molecule has 0 amide bonds. The van der Waals surface area contributed by atoms with E-state index in [0.717, 1.165) is 3.57 Å². The predicted octanol–water partition coefficient (Wildman–Crippen LogP) is 1.89. The molecule has 9 heavy (non-hydrogen) atoms. The Hall–Kier alpha value is -0.100. The molecule has 0 N–H and O–H groups in total. The van der Waals surface area contributed by atoms with E-state index in [4.69, 9.17) is 0 Å². The lowest BCUT2D eigenvalue weighted by Crippen LogP contribution is -1.82. The van der Waals surface area contributed by atoms with Gasteiger partial charge in [0.05, 0.1) is 0 Å². The van der Waals surface area contributed by atoms with Gasteiger partial charge in [-0.1, -0.05) is 0 Å². The molecule has 0 bridgehead atoms. The molecule has 2 nitrogen and oxygen atoms in total. The molecule has 0 saturated heterocycles. The van der Waals surface area contributed by atoms with Gasteiger partial charge in [0.2, 0.25) is 0 Å². The maximum Gasteiger partial charge on any atom is 0.299 e. The van der Waals surface area contributed by atoms with Crippen molar-refractivity contribution in [2.75, 3.05) is 0 Å². The Morgan fingerprint density at radius 1 is 1.78 bits per heavy atom. The minimum Gasteiger partial charge on any atom is -0.418 e. The average molecular weight is 254 g/mol. The fraction of sp³-hybridized carbons (Fsp3) is 0.